The van der Waals surface area contributed by atoms with Crippen LogP contribution in [0.3, 0.4) is 0 Å². The summed E-state index contributed by atoms with van der Waals surface area (Å²) in [7, 11) is 0. The second kappa shape index (κ2) is 62.9. The zero-order valence-electron chi connectivity index (χ0n) is 48.5. The van der Waals surface area contributed by atoms with Crippen molar-refractivity contribution in [1.29, 1.82) is 0 Å². The lowest BCUT2D eigenvalue weighted by molar-refractivity contribution is -0.155. The van der Waals surface area contributed by atoms with Crippen LogP contribution in [0.25, 0.3) is 0 Å². The molecule has 0 aliphatic carbocycles. The van der Waals surface area contributed by atoms with Gasteiger partial charge in [0.2, 0.25) is 0 Å². The topological polar surface area (TPSA) is 61.8 Å². The maximum Gasteiger partial charge on any atom is 0.305 e. The monoisotopic (exact) mass is 1010 g/mol. The molecular formula is C67H122O5. The highest BCUT2D eigenvalue weighted by molar-refractivity contribution is 5.69. The van der Waals surface area contributed by atoms with Crippen molar-refractivity contribution < 1.29 is 23.8 Å². The Bertz CT molecular complexity index is 1230. The van der Waals surface area contributed by atoms with Crippen molar-refractivity contribution in [2.75, 3.05) is 19.8 Å². The van der Waals surface area contributed by atoms with Gasteiger partial charge in [0, 0.05) is 19.4 Å². The van der Waals surface area contributed by atoms with E-state index in [1.165, 1.54) is 225 Å². The average Bonchev–Trinajstić information content (AvgIpc) is 3.38. The molecule has 1 atom stereocenters. The van der Waals surface area contributed by atoms with Crippen LogP contribution in [0.15, 0.2) is 60.8 Å². The zero-order chi connectivity index (χ0) is 52.0. The van der Waals surface area contributed by atoms with E-state index in [9.17, 15) is 9.59 Å². The molecule has 0 spiro atoms. The lowest BCUT2D eigenvalue weighted by Gasteiger charge is -2.18. The van der Waals surface area contributed by atoms with Crippen molar-refractivity contribution in [1.82, 2.24) is 0 Å². The Hall–Kier alpha value is -2.40. The molecule has 0 saturated heterocycles. The second-order valence-electron chi connectivity index (χ2n) is 21.3. The third-order valence-electron chi connectivity index (χ3n) is 14.1. The number of rotatable bonds is 59. The maximum atomic E-state index is 12.7. The first-order chi connectivity index (χ1) is 35.6. The Morgan fingerprint density at radius 3 is 0.875 bits per heavy atom. The van der Waals surface area contributed by atoms with Gasteiger partial charge in [-0.1, -0.05) is 287 Å². The molecule has 0 N–H and O–H groups in total. The van der Waals surface area contributed by atoms with Crippen LogP contribution in [-0.2, 0) is 23.8 Å². The van der Waals surface area contributed by atoms with Gasteiger partial charge in [0.05, 0.1) is 0 Å². The molecule has 0 saturated carbocycles. The first-order valence-corrected chi connectivity index (χ1v) is 31.8. The normalized spacial score (nSPS) is 12.5. The van der Waals surface area contributed by atoms with E-state index in [2.05, 4.69) is 81.5 Å². The predicted octanol–water partition coefficient (Wildman–Crippen LogP) is 22.0. The van der Waals surface area contributed by atoms with Crippen LogP contribution in [0.5, 0.6) is 0 Å². The zero-order valence-corrected chi connectivity index (χ0v) is 48.5. The van der Waals surface area contributed by atoms with Crippen molar-refractivity contribution in [3.8, 4) is 0 Å². The molecule has 5 nitrogen and oxygen atoms in total. The van der Waals surface area contributed by atoms with Crippen molar-refractivity contribution in [3.05, 3.63) is 60.8 Å². The van der Waals surface area contributed by atoms with E-state index < -0.39 is 6.10 Å². The molecule has 0 aliphatic rings. The van der Waals surface area contributed by atoms with E-state index in [-0.39, 0.29) is 25.2 Å². The molecule has 0 fully saturated rings. The first kappa shape index (κ1) is 69.6. The summed E-state index contributed by atoms with van der Waals surface area (Å²) in [5, 5.41) is 0. The number of allylic oxidation sites excluding steroid dienone is 10. The minimum Gasteiger partial charge on any atom is -0.463 e. The van der Waals surface area contributed by atoms with E-state index in [1.807, 2.05) is 0 Å². The predicted molar refractivity (Wildman–Crippen MR) is 316 cm³/mol. The largest absolute Gasteiger partial charge is 0.463 e. The van der Waals surface area contributed by atoms with Gasteiger partial charge in [-0.25, -0.2) is 0 Å². The molecule has 0 heterocycles. The molecule has 0 radical (unpaired) electrons. The fourth-order valence-corrected chi connectivity index (χ4v) is 9.23. The first-order valence-electron chi connectivity index (χ1n) is 31.8. The number of hydrogen-bond acceptors (Lipinski definition) is 5. The Morgan fingerprint density at radius 1 is 0.292 bits per heavy atom. The van der Waals surface area contributed by atoms with Crippen LogP contribution >= 0.6 is 0 Å². The van der Waals surface area contributed by atoms with Gasteiger partial charge in [-0.3, -0.25) is 9.59 Å². The third kappa shape index (κ3) is 60.2. The van der Waals surface area contributed by atoms with E-state index in [0.29, 0.717) is 19.4 Å². The van der Waals surface area contributed by atoms with Crippen LogP contribution in [-0.4, -0.2) is 37.9 Å². The SMILES string of the molecule is CCCCC/C=C\C/C=C\C/C=C\C/C=C\CCCCCC(=O)OC[C@H](COC(=O)CCCCCCCCCCCCC/C=C\CCCCCCCC)OCCCCCCCCCCCCCCCCCC. The number of carbonyl (C=O) groups excluding carboxylic acids is 2. The molecule has 72 heavy (non-hydrogen) atoms. The highest BCUT2D eigenvalue weighted by Crippen LogP contribution is 2.16. The minimum atomic E-state index is -0.414. The number of unbranched alkanes of at least 4 members (excludes halogenated alkanes) is 38. The van der Waals surface area contributed by atoms with Gasteiger partial charge < -0.3 is 14.2 Å². The Kier molecular flexibility index (Phi) is 60.8. The van der Waals surface area contributed by atoms with Crippen molar-refractivity contribution in [2.45, 2.75) is 335 Å². The molecule has 5 heteroatoms. The molecule has 0 amide bonds. The van der Waals surface area contributed by atoms with E-state index >= 15 is 0 Å². The number of ether oxygens (including phenoxy) is 3. The molecule has 0 rings (SSSR count). The van der Waals surface area contributed by atoms with Gasteiger partial charge in [0.15, 0.2) is 0 Å². The summed E-state index contributed by atoms with van der Waals surface area (Å²) >= 11 is 0. The molecule has 0 aromatic heterocycles. The summed E-state index contributed by atoms with van der Waals surface area (Å²) in [6.45, 7) is 7.72. The van der Waals surface area contributed by atoms with Crippen LogP contribution < -0.4 is 0 Å². The standard InChI is InChI=1S/C67H122O5/c1-4-7-10-13-16-19-22-25-28-31-33-34-36-38-40-43-46-49-52-55-58-61-67(69)72-64-65(70-62-59-56-53-50-47-44-41-30-27-24-21-18-15-12-9-6-3)63-71-66(68)60-57-54-51-48-45-42-39-37-35-32-29-26-23-20-17-14-11-8-5-2/h17,20,25-26,28-29,35,37,42,45,65H,4-16,18-19,21-24,27,30-34,36,38-41,43-44,46-64H2,1-3H3/b20-17-,28-25-,29-26-,37-35-,45-42-/t65-/m1/s1. The van der Waals surface area contributed by atoms with Gasteiger partial charge in [-0.05, 0) is 89.9 Å². The lowest BCUT2D eigenvalue weighted by Crippen LogP contribution is -2.29. The summed E-state index contributed by atoms with van der Waals surface area (Å²) in [5.74, 6) is -0.355. The Morgan fingerprint density at radius 2 is 0.528 bits per heavy atom. The van der Waals surface area contributed by atoms with Gasteiger partial charge in [0.1, 0.15) is 19.3 Å². The lowest BCUT2D eigenvalue weighted by atomic mass is 10.0. The summed E-state index contributed by atoms with van der Waals surface area (Å²) in [6.07, 6.45) is 81.3. The summed E-state index contributed by atoms with van der Waals surface area (Å²) in [4.78, 5) is 25.4. The fourth-order valence-electron chi connectivity index (χ4n) is 9.23. The molecule has 0 aromatic carbocycles. The number of hydrogen-bond donors (Lipinski definition) is 0. The molecule has 0 aliphatic heterocycles. The van der Waals surface area contributed by atoms with Crippen LogP contribution in [0.2, 0.25) is 0 Å². The second-order valence-corrected chi connectivity index (χ2v) is 21.3. The Balaban J connectivity index is 4.27. The number of esters is 2. The maximum absolute atomic E-state index is 12.7. The summed E-state index contributed by atoms with van der Waals surface area (Å²) in [5.41, 5.74) is 0. The molecule has 0 bridgehead atoms. The summed E-state index contributed by atoms with van der Waals surface area (Å²) in [6, 6.07) is 0. The highest BCUT2D eigenvalue weighted by Gasteiger charge is 2.16. The van der Waals surface area contributed by atoms with Crippen molar-refractivity contribution in [3.63, 3.8) is 0 Å². The van der Waals surface area contributed by atoms with Crippen LogP contribution in [0.1, 0.15) is 329 Å². The van der Waals surface area contributed by atoms with E-state index in [4.69, 9.17) is 14.2 Å². The van der Waals surface area contributed by atoms with Crippen LogP contribution in [0.4, 0.5) is 0 Å². The van der Waals surface area contributed by atoms with E-state index in [0.717, 1.165) is 70.6 Å². The van der Waals surface area contributed by atoms with Gasteiger partial charge in [-0.15, -0.1) is 0 Å². The fraction of sp³-hybridized carbons (Fsp3) is 0.821. The third-order valence-corrected chi connectivity index (χ3v) is 14.1. The highest BCUT2D eigenvalue weighted by atomic mass is 16.6. The van der Waals surface area contributed by atoms with Crippen LogP contribution in [0, 0.1) is 0 Å². The van der Waals surface area contributed by atoms with Crippen molar-refractivity contribution >= 4 is 11.9 Å². The summed E-state index contributed by atoms with van der Waals surface area (Å²) < 4.78 is 17.6. The van der Waals surface area contributed by atoms with Crippen molar-refractivity contribution in [2.24, 2.45) is 0 Å². The molecule has 420 valence electrons. The van der Waals surface area contributed by atoms with Gasteiger partial charge in [-0.2, -0.15) is 0 Å². The minimum absolute atomic E-state index is 0.143. The molecular weight excluding hydrogens is 885 g/mol. The molecule has 0 aromatic rings. The van der Waals surface area contributed by atoms with E-state index in [1.54, 1.807) is 0 Å². The van der Waals surface area contributed by atoms with Gasteiger partial charge in [0.25, 0.3) is 0 Å². The quantitative estimate of drug-likeness (QED) is 0.0345. The van der Waals surface area contributed by atoms with Gasteiger partial charge >= 0.3 is 11.9 Å². The molecule has 0 unspecified atom stereocenters. The smallest absolute Gasteiger partial charge is 0.305 e. The number of carbonyl (C=O) groups is 2. The Labute approximate surface area is 449 Å². The average molecular weight is 1010 g/mol.